The third-order valence-corrected chi connectivity index (χ3v) is 3.16. The molecule has 3 nitrogen and oxygen atoms in total. The van der Waals surface area contributed by atoms with E-state index in [0.717, 1.165) is 11.1 Å². The van der Waals surface area contributed by atoms with E-state index in [1.165, 1.54) is 0 Å². The van der Waals surface area contributed by atoms with Gasteiger partial charge in [0.15, 0.2) is 5.78 Å². The summed E-state index contributed by atoms with van der Waals surface area (Å²) < 4.78 is 10.5. The molecule has 3 heteroatoms. The molecule has 2 aromatic carbocycles. The quantitative estimate of drug-likeness (QED) is 0.616. The summed E-state index contributed by atoms with van der Waals surface area (Å²) in [4.78, 5) is 12.1. The van der Waals surface area contributed by atoms with E-state index in [1.807, 2.05) is 43.3 Å². The van der Waals surface area contributed by atoms with Crippen LogP contribution in [0.15, 0.2) is 48.5 Å². The van der Waals surface area contributed by atoms with Gasteiger partial charge >= 0.3 is 0 Å². The molecule has 0 aromatic heterocycles. The first-order valence-corrected chi connectivity index (χ1v) is 6.65. The highest BCUT2D eigenvalue weighted by molar-refractivity contribution is 6.07. The van der Waals surface area contributed by atoms with Gasteiger partial charge in [-0.15, -0.1) is 0 Å². The van der Waals surface area contributed by atoms with Crippen LogP contribution in [0.5, 0.6) is 11.5 Å². The standard InChI is InChI=1S/C18H18O3/c1-13-5-4-6-15(11-13)17(19)10-8-14-7-9-16(20-2)12-18(14)21-3/h4-12H,1-3H3. The molecule has 0 atom stereocenters. The molecule has 0 fully saturated rings. The number of benzene rings is 2. The number of hydrogen-bond acceptors (Lipinski definition) is 3. The Morgan fingerprint density at radius 2 is 1.86 bits per heavy atom. The Morgan fingerprint density at radius 3 is 2.52 bits per heavy atom. The zero-order valence-electron chi connectivity index (χ0n) is 12.4. The van der Waals surface area contributed by atoms with Crippen molar-refractivity contribution in [3.63, 3.8) is 0 Å². The van der Waals surface area contributed by atoms with Gasteiger partial charge in [0.1, 0.15) is 11.5 Å². The summed E-state index contributed by atoms with van der Waals surface area (Å²) in [5, 5.41) is 0. The van der Waals surface area contributed by atoms with Crippen LogP contribution in [0.25, 0.3) is 6.08 Å². The lowest BCUT2D eigenvalue weighted by Gasteiger charge is -2.07. The summed E-state index contributed by atoms with van der Waals surface area (Å²) in [6.07, 6.45) is 3.31. The molecule has 0 aliphatic carbocycles. The van der Waals surface area contributed by atoms with E-state index >= 15 is 0 Å². The molecule has 0 N–H and O–H groups in total. The minimum absolute atomic E-state index is 0.0310. The number of methoxy groups -OCH3 is 2. The van der Waals surface area contributed by atoms with Crippen LogP contribution in [0, 0.1) is 6.92 Å². The number of carbonyl (C=O) groups is 1. The van der Waals surface area contributed by atoms with Crippen LogP contribution in [-0.2, 0) is 0 Å². The van der Waals surface area contributed by atoms with Crippen LogP contribution in [0.4, 0.5) is 0 Å². The minimum Gasteiger partial charge on any atom is -0.497 e. The maximum Gasteiger partial charge on any atom is 0.185 e. The lowest BCUT2D eigenvalue weighted by Crippen LogP contribution is -1.95. The highest BCUT2D eigenvalue weighted by atomic mass is 16.5. The highest BCUT2D eigenvalue weighted by Crippen LogP contribution is 2.25. The zero-order valence-corrected chi connectivity index (χ0v) is 12.4. The van der Waals surface area contributed by atoms with E-state index in [2.05, 4.69) is 0 Å². The Kier molecular flexibility index (Phi) is 4.77. The van der Waals surface area contributed by atoms with Crippen LogP contribution in [0.3, 0.4) is 0 Å². The van der Waals surface area contributed by atoms with E-state index in [4.69, 9.17) is 9.47 Å². The second kappa shape index (κ2) is 6.75. The first-order chi connectivity index (χ1) is 10.1. The van der Waals surface area contributed by atoms with Gasteiger partial charge in [-0.3, -0.25) is 4.79 Å². The van der Waals surface area contributed by atoms with Crippen molar-refractivity contribution in [2.24, 2.45) is 0 Å². The van der Waals surface area contributed by atoms with E-state index in [-0.39, 0.29) is 5.78 Å². The smallest absolute Gasteiger partial charge is 0.185 e. The predicted molar refractivity (Wildman–Crippen MR) is 84.1 cm³/mol. The molecular formula is C18H18O3. The number of aryl methyl sites for hydroxylation is 1. The molecule has 0 heterocycles. The second-order valence-corrected chi connectivity index (χ2v) is 4.67. The van der Waals surface area contributed by atoms with Gasteiger partial charge in [0.2, 0.25) is 0 Å². The van der Waals surface area contributed by atoms with Crippen molar-refractivity contribution in [3.8, 4) is 11.5 Å². The van der Waals surface area contributed by atoms with Crippen molar-refractivity contribution in [1.29, 1.82) is 0 Å². The molecule has 2 aromatic rings. The number of allylic oxidation sites excluding steroid dienone is 1. The van der Waals surface area contributed by atoms with Crippen LogP contribution < -0.4 is 9.47 Å². The molecule has 108 valence electrons. The molecule has 0 aliphatic rings. The molecule has 21 heavy (non-hydrogen) atoms. The molecule has 0 unspecified atom stereocenters. The minimum atomic E-state index is -0.0310. The molecule has 0 amide bonds. The molecular weight excluding hydrogens is 264 g/mol. The van der Waals surface area contributed by atoms with Crippen LogP contribution in [-0.4, -0.2) is 20.0 Å². The maximum absolute atomic E-state index is 12.1. The highest BCUT2D eigenvalue weighted by Gasteiger charge is 2.04. The summed E-state index contributed by atoms with van der Waals surface area (Å²) >= 11 is 0. The average Bonchev–Trinajstić information content (AvgIpc) is 2.52. The summed E-state index contributed by atoms with van der Waals surface area (Å²) in [5.41, 5.74) is 2.58. The van der Waals surface area contributed by atoms with Crippen molar-refractivity contribution < 1.29 is 14.3 Å². The van der Waals surface area contributed by atoms with E-state index in [1.54, 1.807) is 32.4 Å². The lowest BCUT2D eigenvalue weighted by atomic mass is 10.1. The molecule has 2 rings (SSSR count). The Morgan fingerprint density at radius 1 is 1.05 bits per heavy atom. The number of carbonyl (C=O) groups excluding carboxylic acids is 1. The number of ketones is 1. The van der Waals surface area contributed by atoms with Crippen LogP contribution in [0.1, 0.15) is 21.5 Å². The molecule has 0 radical (unpaired) electrons. The Balaban J connectivity index is 2.23. The van der Waals surface area contributed by atoms with Gasteiger partial charge in [-0.25, -0.2) is 0 Å². The van der Waals surface area contributed by atoms with Crippen molar-refractivity contribution in [3.05, 3.63) is 65.2 Å². The monoisotopic (exact) mass is 282 g/mol. The number of rotatable bonds is 5. The SMILES string of the molecule is COc1ccc(C=CC(=O)c2cccc(C)c2)c(OC)c1. The lowest BCUT2D eigenvalue weighted by molar-refractivity contribution is 0.104. The summed E-state index contributed by atoms with van der Waals surface area (Å²) in [6.45, 7) is 1.97. The van der Waals surface area contributed by atoms with Gasteiger partial charge in [0, 0.05) is 17.2 Å². The summed E-state index contributed by atoms with van der Waals surface area (Å²) in [6, 6.07) is 13.0. The largest absolute Gasteiger partial charge is 0.497 e. The topological polar surface area (TPSA) is 35.5 Å². The second-order valence-electron chi connectivity index (χ2n) is 4.67. The Labute approximate surface area is 124 Å². The Bertz CT molecular complexity index is 672. The third-order valence-electron chi connectivity index (χ3n) is 3.16. The Hall–Kier alpha value is -2.55. The van der Waals surface area contributed by atoms with Gasteiger partial charge in [-0.05, 0) is 37.3 Å². The van der Waals surface area contributed by atoms with Crippen molar-refractivity contribution >= 4 is 11.9 Å². The fourth-order valence-corrected chi connectivity index (χ4v) is 2.02. The number of hydrogen-bond donors (Lipinski definition) is 0. The van der Waals surface area contributed by atoms with Crippen LogP contribution >= 0.6 is 0 Å². The molecule has 0 saturated carbocycles. The van der Waals surface area contributed by atoms with Crippen LogP contribution in [0.2, 0.25) is 0 Å². The van der Waals surface area contributed by atoms with Gasteiger partial charge in [0.05, 0.1) is 14.2 Å². The predicted octanol–water partition coefficient (Wildman–Crippen LogP) is 3.91. The van der Waals surface area contributed by atoms with E-state index in [0.29, 0.717) is 17.1 Å². The summed E-state index contributed by atoms with van der Waals surface area (Å²) in [7, 11) is 3.19. The zero-order chi connectivity index (χ0) is 15.2. The van der Waals surface area contributed by atoms with Crippen molar-refractivity contribution in [2.45, 2.75) is 6.92 Å². The van der Waals surface area contributed by atoms with Crippen molar-refractivity contribution in [2.75, 3.05) is 14.2 Å². The normalized spacial score (nSPS) is 10.6. The molecule has 0 aliphatic heterocycles. The first kappa shape index (κ1) is 14.9. The molecule has 0 bridgehead atoms. The first-order valence-electron chi connectivity index (χ1n) is 6.65. The van der Waals surface area contributed by atoms with E-state index in [9.17, 15) is 4.79 Å². The maximum atomic E-state index is 12.1. The van der Waals surface area contributed by atoms with Crippen molar-refractivity contribution in [1.82, 2.24) is 0 Å². The fourth-order valence-electron chi connectivity index (χ4n) is 2.02. The van der Waals surface area contributed by atoms with E-state index < -0.39 is 0 Å². The van der Waals surface area contributed by atoms with Gasteiger partial charge in [-0.1, -0.05) is 23.8 Å². The van der Waals surface area contributed by atoms with Gasteiger partial charge in [-0.2, -0.15) is 0 Å². The average molecular weight is 282 g/mol. The number of ether oxygens (including phenoxy) is 2. The van der Waals surface area contributed by atoms with Gasteiger partial charge in [0.25, 0.3) is 0 Å². The fraction of sp³-hybridized carbons (Fsp3) is 0.167. The molecule has 0 saturated heterocycles. The molecule has 0 spiro atoms. The van der Waals surface area contributed by atoms with Gasteiger partial charge < -0.3 is 9.47 Å². The third kappa shape index (κ3) is 3.72. The summed E-state index contributed by atoms with van der Waals surface area (Å²) in [5.74, 6) is 1.35.